The molecule has 0 atom stereocenters. The molecule has 0 aromatic carbocycles. The van der Waals surface area contributed by atoms with Crippen LogP contribution in [0.3, 0.4) is 0 Å². The predicted octanol–water partition coefficient (Wildman–Crippen LogP) is 2.09. The minimum absolute atomic E-state index is 0.0137. The summed E-state index contributed by atoms with van der Waals surface area (Å²) in [6.07, 6.45) is 1.78. The van der Waals surface area contributed by atoms with Gasteiger partial charge in [0.2, 0.25) is 0 Å². The molecule has 2 amide bonds. The predicted molar refractivity (Wildman–Crippen MR) is 79.0 cm³/mol. The molecule has 1 aromatic rings. The molecule has 1 aliphatic rings. The van der Waals surface area contributed by atoms with Gasteiger partial charge in [0, 0.05) is 39.5 Å². The van der Waals surface area contributed by atoms with Crippen LogP contribution >= 0.6 is 11.3 Å². The van der Waals surface area contributed by atoms with Crippen LogP contribution in [0.2, 0.25) is 0 Å². The Kier molecular flexibility index (Phi) is 6.29. The molecule has 2 rings (SSSR count). The number of nitrogens with zero attached hydrogens (tertiary/aromatic N) is 1. The van der Waals surface area contributed by atoms with E-state index in [-0.39, 0.29) is 12.1 Å². The second-order valence-corrected chi connectivity index (χ2v) is 5.66. The lowest BCUT2D eigenvalue weighted by molar-refractivity contribution is 0.0769. The number of carbonyl (C=O) groups excluding carboxylic acids is 1. The van der Waals surface area contributed by atoms with Crippen LogP contribution in [0.1, 0.15) is 18.4 Å². The number of ether oxygens (including phenoxy) is 2. The van der Waals surface area contributed by atoms with Gasteiger partial charge in [-0.1, -0.05) is 0 Å². The smallest absolute Gasteiger partial charge is 0.317 e. The zero-order chi connectivity index (χ0) is 14.2. The van der Waals surface area contributed by atoms with Crippen molar-refractivity contribution in [2.75, 3.05) is 33.5 Å². The van der Waals surface area contributed by atoms with Crippen LogP contribution in [0.4, 0.5) is 4.79 Å². The number of methoxy groups -OCH3 is 1. The van der Waals surface area contributed by atoms with E-state index in [1.165, 1.54) is 0 Å². The first kappa shape index (κ1) is 15.3. The van der Waals surface area contributed by atoms with E-state index in [1.54, 1.807) is 23.3 Å². The largest absolute Gasteiger partial charge is 0.383 e. The van der Waals surface area contributed by atoms with E-state index in [0.29, 0.717) is 19.7 Å². The Hall–Kier alpha value is -1.11. The van der Waals surface area contributed by atoms with Gasteiger partial charge in [-0.05, 0) is 35.2 Å². The number of amides is 2. The summed E-state index contributed by atoms with van der Waals surface area (Å²) in [5.41, 5.74) is 1.16. The van der Waals surface area contributed by atoms with E-state index in [4.69, 9.17) is 9.47 Å². The molecule has 1 fully saturated rings. The molecule has 0 bridgehead atoms. The fourth-order valence-electron chi connectivity index (χ4n) is 2.16. The molecule has 1 aromatic heterocycles. The second kappa shape index (κ2) is 8.24. The van der Waals surface area contributed by atoms with Crippen LogP contribution in [-0.2, 0) is 16.0 Å². The molecule has 0 radical (unpaired) electrons. The van der Waals surface area contributed by atoms with Gasteiger partial charge in [-0.3, -0.25) is 0 Å². The van der Waals surface area contributed by atoms with Crippen molar-refractivity contribution in [1.29, 1.82) is 0 Å². The zero-order valence-electron chi connectivity index (χ0n) is 11.8. The molecule has 112 valence electrons. The van der Waals surface area contributed by atoms with Gasteiger partial charge in [0.1, 0.15) is 0 Å². The maximum atomic E-state index is 12.4. The lowest BCUT2D eigenvalue weighted by atomic mass is 10.1. The summed E-state index contributed by atoms with van der Waals surface area (Å²) in [5.74, 6) is 0. The molecule has 1 saturated heterocycles. The molecule has 0 saturated carbocycles. The number of rotatable bonds is 6. The van der Waals surface area contributed by atoms with E-state index in [1.807, 2.05) is 11.4 Å². The molecule has 1 N–H and O–H groups in total. The first-order chi connectivity index (χ1) is 9.79. The Bertz CT molecular complexity index is 391. The average molecular weight is 298 g/mol. The molecule has 2 heterocycles. The summed E-state index contributed by atoms with van der Waals surface area (Å²) in [5, 5.41) is 7.19. The number of hydrogen-bond acceptors (Lipinski definition) is 4. The highest BCUT2D eigenvalue weighted by atomic mass is 32.1. The SMILES string of the molecule is COCCN(Cc1ccsc1)C(=O)NC1CCOCC1. The molecular weight excluding hydrogens is 276 g/mol. The first-order valence-electron chi connectivity index (χ1n) is 6.93. The van der Waals surface area contributed by atoms with E-state index >= 15 is 0 Å². The molecule has 0 unspecified atom stereocenters. The first-order valence-corrected chi connectivity index (χ1v) is 7.87. The Balaban J connectivity index is 1.88. The minimum Gasteiger partial charge on any atom is -0.383 e. The summed E-state index contributed by atoms with van der Waals surface area (Å²) in [6, 6.07) is 2.26. The average Bonchev–Trinajstić information content (AvgIpc) is 2.97. The summed E-state index contributed by atoms with van der Waals surface area (Å²) in [7, 11) is 1.65. The van der Waals surface area contributed by atoms with Gasteiger partial charge in [-0.15, -0.1) is 0 Å². The number of hydrogen-bond donors (Lipinski definition) is 1. The number of carbonyl (C=O) groups is 1. The molecule has 0 spiro atoms. The molecule has 0 aliphatic carbocycles. The summed E-state index contributed by atoms with van der Waals surface area (Å²) in [4.78, 5) is 14.2. The normalized spacial score (nSPS) is 16.1. The van der Waals surface area contributed by atoms with Crippen LogP contribution < -0.4 is 5.32 Å². The lowest BCUT2D eigenvalue weighted by Crippen LogP contribution is -2.47. The maximum absolute atomic E-state index is 12.4. The van der Waals surface area contributed by atoms with Crippen LogP contribution in [0, 0.1) is 0 Å². The second-order valence-electron chi connectivity index (χ2n) is 4.88. The highest BCUT2D eigenvalue weighted by molar-refractivity contribution is 7.07. The third-order valence-corrected chi connectivity index (χ3v) is 4.09. The third-order valence-electron chi connectivity index (χ3n) is 3.35. The molecule has 6 heteroatoms. The van der Waals surface area contributed by atoms with Crippen molar-refractivity contribution in [3.63, 3.8) is 0 Å². The van der Waals surface area contributed by atoms with Crippen molar-refractivity contribution in [2.24, 2.45) is 0 Å². The number of nitrogens with one attached hydrogen (secondary N) is 1. The fraction of sp³-hybridized carbons (Fsp3) is 0.643. The standard InChI is InChI=1S/C14H22N2O3S/c1-18-8-5-16(10-12-4-9-20-11-12)14(17)15-13-2-6-19-7-3-13/h4,9,11,13H,2-3,5-8,10H2,1H3,(H,15,17). The van der Waals surface area contributed by atoms with Gasteiger partial charge in [0.05, 0.1) is 6.61 Å². The van der Waals surface area contributed by atoms with Gasteiger partial charge >= 0.3 is 6.03 Å². The Labute approximate surface area is 123 Å². The van der Waals surface area contributed by atoms with Gasteiger partial charge in [0.15, 0.2) is 0 Å². The van der Waals surface area contributed by atoms with Gasteiger partial charge in [-0.25, -0.2) is 4.79 Å². The van der Waals surface area contributed by atoms with E-state index in [2.05, 4.69) is 10.7 Å². The summed E-state index contributed by atoms with van der Waals surface area (Å²) >= 11 is 1.65. The topological polar surface area (TPSA) is 50.8 Å². The highest BCUT2D eigenvalue weighted by Crippen LogP contribution is 2.11. The van der Waals surface area contributed by atoms with E-state index in [9.17, 15) is 4.79 Å². The van der Waals surface area contributed by atoms with Gasteiger partial charge in [-0.2, -0.15) is 11.3 Å². The zero-order valence-corrected chi connectivity index (χ0v) is 12.7. The van der Waals surface area contributed by atoms with E-state index in [0.717, 1.165) is 31.6 Å². The van der Waals surface area contributed by atoms with Gasteiger partial charge in [0.25, 0.3) is 0 Å². The van der Waals surface area contributed by atoms with Crippen molar-refractivity contribution in [2.45, 2.75) is 25.4 Å². The lowest BCUT2D eigenvalue weighted by Gasteiger charge is -2.28. The monoisotopic (exact) mass is 298 g/mol. The van der Waals surface area contributed by atoms with E-state index < -0.39 is 0 Å². The van der Waals surface area contributed by atoms with Crippen molar-refractivity contribution in [3.8, 4) is 0 Å². The molecule has 20 heavy (non-hydrogen) atoms. The molecule has 1 aliphatic heterocycles. The van der Waals surface area contributed by atoms with Gasteiger partial charge < -0.3 is 19.7 Å². The minimum atomic E-state index is -0.0137. The molecule has 5 nitrogen and oxygen atoms in total. The van der Waals surface area contributed by atoms with Crippen LogP contribution in [0.15, 0.2) is 16.8 Å². The Morgan fingerprint density at radius 3 is 3.00 bits per heavy atom. The van der Waals surface area contributed by atoms with Crippen molar-refractivity contribution >= 4 is 17.4 Å². The number of urea groups is 1. The van der Waals surface area contributed by atoms with Crippen molar-refractivity contribution < 1.29 is 14.3 Å². The number of thiophene rings is 1. The summed E-state index contributed by atoms with van der Waals surface area (Å²) in [6.45, 7) is 3.23. The molecular formula is C14H22N2O3S. The van der Waals surface area contributed by atoms with Crippen LogP contribution in [-0.4, -0.2) is 50.4 Å². The summed E-state index contributed by atoms with van der Waals surface area (Å²) < 4.78 is 10.4. The third kappa shape index (κ3) is 4.77. The van der Waals surface area contributed by atoms with Crippen LogP contribution in [0.5, 0.6) is 0 Å². The fourth-order valence-corrected chi connectivity index (χ4v) is 2.82. The van der Waals surface area contributed by atoms with Crippen LogP contribution in [0.25, 0.3) is 0 Å². The Morgan fingerprint density at radius 1 is 1.55 bits per heavy atom. The highest BCUT2D eigenvalue weighted by Gasteiger charge is 2.20. The van der Waals surface area contributed by atoms with Crippen molar-refractivity contribution in [3.05, 3.63) is 22.4 Å². The Morgan fingerprint density at radius 2 is 2.35 bits per heavy atom. The maximum Gasteiger partial charge on any atom is 0.317 e. The quantitative estimate of drug-likeness (QED) is 0.875. The van der Waals surface area contributed by atoms with Crippen molar-refractivity contribution in [1.82, 2.24) is 10.2 Å².